The molecule has 126 valence electrons. The number of imide groups is 1. The van der Waals surface area contributed by atoms with Gasteiger partial charge >= 0.3 is 12.0 Å². The van der Waals surface area contributed by atoms with Gasteiger partial charge in [-0.1, -0.05) is 6.92 Å². The van der Waals surface area contributed by atoms with Crippen LogP contribution in [0.4, 0.5) is 4.79 Å². The van der Waals surface area contributed by atoms with Crippen molar-refractivity contribution in [1.82, 2.24) is 15.1 Å². The molecule has 2 fully saturated rings. The van der Waals surface area contributed by atoms with Crippen LogP contribution in [-0.4, -0.2) is 65.5 Å². The number of ether oxygens (including phenoxy) is 1. The zero-order valence-electron chi connectivity index (χ0n) is 13.5. The maximum atomic E-state index is 12.4. The van der Waals surface area contributed by atoms with Gasteiger partial charge in [0.15, 0.2) is 0 Å². The first-order chi connectivity index (χ1) is 11.0. The van der Waals surface area contributed by atoms with E-state index >= 15 is 0 Å². The summed E-state index contributed by atoms with van der Waals surface area (Å²) in [7, 11) is 0. The largest absolute Gasteiger partial charge is 0.465 e. The van der Waals surface area contributed by atoms with Gasteiger partial charge in [0.25, 0.3) is 5.91 Å². The third kappa shape index (κ3) is 3.15. The van der Waals surface area contributed by atoms with Crippen molar-refractivity contribution < 1.29 is 19.1 Å². The summed E-state index contributed by atoms with van der Waals surface area (Å²) in [5, 5.41) is 11.5. The molecule has 2 saturated heterocycles. The summed E-state index contributed by atoms with van der Waals surface area (Å²) in [6, 6.07) is 0.994. The van der Waals surface area contributed by atoms with Gasteiger partial charge in [0, 0.05) is 13.1 Å². The van der Waals surface area contributed by atoms with Gasteiger partial charge in [-0.3, -0.25) is 14.5 Å². The molecule has 0 saturated carbocycles. The number of amides is 3. The van der Waals surface area contributed by atoms with E-state index < -0.39 is 11.6 Å². The molecule has 2 aliphatic heterocycles. The number of hydrogen-bond donors (Lipinski definition) is 1. The lowest BCUT2D eigenvalue weighted by Gasteiger charge is -2.39. The summed E-state index contributed by atoms with van der Waals surface area (Å²) in [4.78, 5) is 39.3. The maximum Gasteiger partial charge on any atom is 0.325 e. The van der Waals surface area contributed by atoms with Crippen LogP contribution >= 0.6 is 0 Å². The van der Waals surface area contributed by atoms with E-state index in [-0.39, 0.29) is 24.5 Å². The second kappa shape index (κ2) is 6.96. The van der Waals surface area contributed by atoms with Crippen molar-refractivity contribution in [3.63, 3.8) is 0 Å². The highest BCUT2D eigenvalue weighted by Crippen LogP contribution is 2.30. The Bertz CT molecular complexity index is 534. The second-order valence-electron chi connectivity index (χ2n) is 5.77. The Kier molecular flexibility index (Phi) is 5.21. The highest BCUT2D eigenvalue weighted by atomic mass is 16.5. The molecule has 1 N–H and O–H groups in total. The number of carbonyl (C=O) groups excluding carboxylic acids is 3. The van der Waals surface area contributed by atoms with Crippen LogP contribution in [0.3, 0.4) is 0 Å². The summed E-state index contributed by atoms with van der Waals surface area (Å²) >= 11 is 0. The van der Waals surface area contributed by atoms with E-state index in [9.17, 15) is 14.4 Å². The lowest BCUT2D eigenvalue weighted by atomic mass is 9.86. The zero-order valence-corrected chi connectivity index (χ0v) is 13.5. The third-order valence-electron chi connectivity index (χ3n) is 4.51. The predicted octanol–water partition coefficient (Wildman–Crippen LogP) is 0.238. The normalized spacial score (nSPS) is 21.9. The fraction of sp³-hybridized carbons (Fsp3) is 0.733. The van der Waals surface area contributed by atoms with Crippen LogP contribution in [0.25, 0.3) is 0 Å². The molecule has 1 atom stereocenters. The molecule has 0 aromatic rings. The number of likely N-dealkylation sites (tertiary alicyclic amines) is 1. The lowest BCUT2D eigenvalue weighted by molar-refractivity contribution is -0.150. The molecular weight excluding hydrogens is 300 g/mol. The molecule has 3 amide bonds. The first-order valence-electron chi connectivity index (χ1n) is 7.90. The van der Waals surface area contributed by atoms with Gasteiger partial charge in [0.1, 0.15) is 18.1 Å². The Morgan fingerprint density at radius 2 is 2.04 bits per heavy atom. The highest BCUT2D eigenvalue weighted by molar-refractivity contribution is 6.07. The molecule has 8 heteroatoms. The molecule has 0 radical (unpaired) electrons. The Balaban J connectivity index is 2.03. The minimum Gasteiger partial charge on any atom is -0.465 e. The summed E-state index contributed by atoms with van der Waals surface area (Å²) in [5.41, 5.74) is -0.933. The fourth-order valence-corrected chi connectivity index (χ4v) is 3.26. The number of carbonyl (C=O) groups is 3. The van der Waals surface area contributed by atoms with Gasteiger partial charge in [0.05, 0.1) is 12.7 Å². The van der Waals surface area contributed by atoms with E-state index in [1.165, 1.54) is 0 Å². The Morgan fingerprint density at radius 3 is 2.57 bits per heavy atom. The predicted molar refractivity (Wildman–Crippen MR) is 80.1 cm³/mol. The summed E-state index contributed by atoms with van der Waals surface area (Å²) in [6.45, 7) is 4.82. The number of esters is 1. The maximum absolute atomic E-state index is 12.4. The zero-order chi connectivity index (χ0) is 17.0. The van der Waals surface area contributed by atoms with Crippen molar-refractivity contribution in [2.24, 2.45) is 0 Å². The molecule has 2 rings (SSSR count). The van der Waals surface area contributed by atoms with Gasteiger partial charge in [-0.05, 0) is 26.2 Å². The van der Waals surface area contributed by atoms with E-state index in [1.54, 1.807) is 6.92 Å². The van der Waals surface area contributed by atoms with Crippen molar-refractivity contribution in [3.8, 4) is 6.07 Å². The molecule has 23 heavy (non-hydrogen) atoms. The van der Waals surface area contributed by atoms with Crippen LogP contribution < -0.4 is 5.32 Å². The number of nitriles is 1. The highest BCUT2D eigenvalue weighted by Gasteiger charge is 2.52. The first kappa shape index (κ1) is 17.2. The van der Waals surface area contributed by atoms with Gasteiger partial charge < -0.3 is 10.1 Å². The number of piperidine rings is 1. The summed E-state index contributed by atoms with van der Waals surface area (Å²) in [6.07, 6.45) is 1.48. The number of urea groups is 1. The molecule has 0 aromatic carbocycles. The van der Waals surface area contributed by atoms with E-state index in [0.717, 1.165) is 4.90 Å². The van der Waals surface area contributed by atoms with Gasteiger partial charge in [-0.2, -0.15) is 5.26 Å². The Hall–Kier alpha value is -2.14. The molecule has 1 spiro atoms. The van der Waals surface area contributed by atoms with E-state index in [0.29, 0.717) is 39.0 Å². The minimum atomic E-state index is -0.933. The van der Waals surface area contributed by atoms with E-state index in [4.69, 9.17) is 10.00 Å². The smallest absolute Gasteiger partial charge is 0.325 e. The molecule has 0 aromatic heterocycles. The van der Waals surface area contributed by atoms with Crippen LogP contribution in [0, 0.1) is 11.3 Å². The monoisotopic (exact) mass is 322 g/mol. The van der Waals surface area contributed by atoms with Crippen LogP contribution in [0.5, 0.6) is 0 Å². The number of hydrogen-bond acceptors (Lipinski definition) is 6. The van der Waals surface area contributed by atoms with Gasteiger partial charge in [-0.25, -0.2) is 9.69 Å². The third-order valence-corrected chi connectivity index (χ3v) is 4.51. The quantitative estimate of drug-likeness (QED) is 0.442. The number of nitrogens with one attached hydrogen (secondary N) is 1. The molecule has 8 nitrogen and oxygen atoms in total. The van der Waals surface area contributed by atoms with Gasteiger partial charge in [-0.15, -0.1) is 0 Å². The van der Waals surface area contributed by atoms with Crippen LogP contribution in [-0.2, 0) is 14.3 Å². The summed E-state index contributed by atoms with van der Waals surface area (Å²) < 4.78 is 5.09. The van der Waals surface area contributed by atoms with Crippen LogP contribution in [0.2, 0.25) is 0 Å². The summed E-state index contributed by atoms with van der Waals surface area (Å²) in [5.74, 6) is -0.591. The van der Waals surface area contributed by atoms with Crippen molar-refractivity contribution in [2.75, 3.05) is 26.2 Å². The van der Waals surface area contributed by atoms with E-state index in [2.05, 4.69) is 5.32 Å². The average Bonchev–Trinajstić information content (AvgIpc) is 2.75. The molecule has 1 unspecified atom stereocenters. The Labute approximate surface area is 135 Å². The molecular formula is C15H22N4O4. The second-order valence-corrected chi connectivity index (χ2v) is 5.77. The van der Waals surface area contributed by atoms with Crippen LogP contribution in [0.1, 0.15) is 33.1 Å². The fourth-order valence-electron chi connectivity index (χ4n) is 3.26. The van der Waals surface area contributed by atoms with Crippen molar-refractivity contribution in [1.29, 1.82) is 5.26 Å². The van der Waals surface area contributed by atoms with Crippen LogP contribution in [0.15, 0.2) is 0 Å². The van der Waals surface area contributed by atoms with Gasteiger partial charge in [0.2, 0.25) is 0 Å². The Morgan fingerprint density at radius 1 is 1.39 bits per heavy atom. The molecule has 2 heterocycles. The van der Waals surface area contributed by atoms with Crippen molar-refractivity contribution in [2.45, 2.75) is 44.7 Å². The number of rotatable bonds is 5. The molecule has 0 bridgehead atoms. The minimum absolute atomic E-state index is 0.240. The number of nitrogens with zero attached hydrogens (tertiary/aromatic N) is 3. The first-order valence-corrected chi connectivity index (χ1v) is 7.90. The topological polar surface area (TPSA) is 103 Å². The lowest BCUT2D eigenvalue weighted by Crippen LogP contribution is -2.57. The van der Waals surface area contributed by atoms with Crippen molar-refractivity contribution >= 4 is 17.9 Å². The molecule has 0 aliphatic carbocycles. The van der Waals surface area contributed by atoms with E-state index in [1.807, 2.05) is 17.9 Å². The molecule has 2 aliphatic rings. The van der Waals surface area contributed by atoms with Crippen molar-refractivity contribution in [3.05, 3.63) is 0 Å². The SMILES string of the molecule is CCOC(=O)C(CC)N1CCC2(CC1)NC(=O)N(CC#N)C2=O. The standard InChI is InChI=1S/C15H22N4O4/c1-3-11(12(20)23-4-2)18-8-5-15(6-9-18)13(21)19(10-7-16)14(22)17-15/h11H,3-6,8-10H2,1-2H3,(H,17,22). The average molecular weight is 322 g/mol.